The zero-order valence-corrected chi connectivity index (χ0v) is 21.0. The third-order valence-corrected chi connectivity index (χ3v) is 7.04. The van der Waals surface area contributed by atoms with Crippen molar-refractivity contribution in [3.05, 3.63) is 59.4 Å². The van der Waals surface area contributed by atoms with Crippen LogP contribution in [0.3, 0.4) is 0 Å². The number of halogens is 1. The molecular weight excluding hydrogens is 427 g/mol. The normalized spacial score (nSPS) is 18.0. The van der Waals surface area contributed by atoms with Crippen molar-refractivity contribution in [2.24, 2.45) is 11.8 Å². The van der Waals surface area contributed by atoms with Crippen LogP contribution < -0.4 is 9.47 Å². The van der Waals surface area contributed by atoms with Gasteiger partial charge in [-0.15, -0.1) is 0 Å². The van der Waals surface area contributed by atoms with Gasteiger partial charge in [-0.05, 0) is 73.1 Å². The van der Waals surface area contributed by atoms with Gasteiger partial charge in [0.2, 0.25) is 0 Å². The molecule has 1 saturated carbocycles. The van der Waals surface area contributed by atoms with E-state index in [-0.39, 0.29) is 5.75 Å². The van der Waals surface area contributed by atoms with Crippen molar-refractivity contribution in [2.75, 3.05) is 6.61 Å². The molecule has 1 fully saturated rings. The molecule has 0 radical (unpaired) electrons. The van der Waals surface area contributed by atoms with E-state index in [1.54, 1.807) is 30.3 Å². The van der Waals surface area contributed by atoms with Crippen LogP contribution in [0.25, 0.3) is 0 Å². The molecule has 0 aliphatic heterocycles. The first-order chi connectivity index (χ1) is 16.6. The minimum Gasteiger partial charge on any atom is -0.494 e. The van der Waals surface area contributed by atoms with Crippen molar-refractivity contribution in [3.8, 4) is 11.5 Å². The molecule has 0 atom stereocenters. The Hall–Kier alpha value is -2.36. The molecule has 0 saturated heterocycles. The zero-order valence-electron chi connectivity index (χ0n) is 21.0. The summed E-state index contributed by atoms with van der Waals surface area (Å²) in [7, 11) is 0. The van der Waals surface area contributed by atoms with Gasteiger partial charge in [-0.3, -0.25) is 0 Å². The van der Waals surface area contributed by atoms with E-state index < -0.39 is 11.8 Å². The first kappa shape index (κ1) is 26.2. The van der Waals surface area contributed by atoms with E-state index >= 15 is 0 Å². The number of esters is 1. The van der Waals surface area contributed by atoms with Gasteiger partial charge in [-0.25, -0.2) is 9.18 Å². The van der Waals surface area contributed by atoms with Crippen LogP contribution in [-0.2, 0) is 6.42 Å². The van der Waals surface area contributed by atoms with E-state index in [0.717, 1.165) is 42.4 Å². The lowest BCUT2D eigenvalue weighted by atomic mass is 9.78. The Morgan fingerprint density at radius 3 is 2.18 bits per heavy atom. The van der Waals surface area contributed by atoms with Gasteiger partial charge in [0.25, 0.3) is 0 Å². The highest BCUT2D eigenvalue weighted by Crippen LogP contribution is 2.34. The summed E-state index contributed by atoms with van der Waals surface area (Å²) in [4.78, 5) is 12.4. The van der Waals surface area contributed by atoms with E-state index in [9.17, 15) is 9.18 Å². The SMILES string of the molecule is CCCCC[C@H]1CC[C@H](CCCOc2ccc(C(=O)Oc3ccc(CCC)cc3F)cc2)CC1. The van der Waals surface area contributed by atoms with Crippen LogP contribution in [0, 0.1) is 17.7 Å². The van der Waals surface area contributed by atoms with Crippen molar-refractivity contribution in [1.29, 1.82) is 0 Å². The predicted octanol–water partition coefficient (Wildman–Crippen LogP) is 8.54. The molecule has 2 aromatic carbocycles. The van der Waals surface area contributed by atoms with Crippen molar-refractivity contribution in [3.63, 3.8) is 0 Å². The van der Waals surface area contributed by atoms with Crippen LogP contribution in [-0.4, -0.2) is 12.6 Å². The highest BCUT2D eigenvalue weighted by Gasteiger charge is 2.20. The van der Waals surface area contributed by atoms with Gasteiger partial charge in [0.15, 0.2) is 11.6 Å². The monoisotopic (exact) mass is 468 g/mol. The average molecular weight is 469 g/mol. The van der Waals surface area contributed by atoms with E-state index in [2.05, 4.69) is 6.92 Å². The van der Waals surface area contributed by atoms with Crippen molar-refractivity contribution in [1.82, 2.24) is 0 Å². The van der Waals surface area contributed by atoms with Gasteiger partial charge < -0.3 is 9.47 Å². The lowest BCUT2D eigenvalue weighted by Crippen LogP contribution is -2.15. The number of hydrogen-bond acceptors (Lipinski definition) is 3. The minimum absolute atomic E-state index is 0.0415. The Bertz CT molecular complexity index is 869. The van der Waals surface area contributed by atoms with Gasteiger partial charge >= 0.3 is 5.97 Å². The molecule has 3 nitrogen and oxygen atoms in total. The summed E-state index contributed by atoms with van der Waals surface area (Å²) in [5.74, 6) is 1.43. The number of hydrogen-bond donors (Lipinski definition) is 0. The minimum atomic E-state index is -0.570. The maximum Gasteiger partial charge on any atom is 0.343 e. The number of carbonyl (C=O) groups is 1. The van der Waals surface area contributed by atoms with Gasteiger partial charge in [0, 0.05) is 0 Å². The molecule has 2 aromatic rings. The molecule has 0 unspecified atom stereocenters. The molecule has 0 bridgehead atoms. The standard InChI is InChI=1S/C30H41FO3/c1-3-5-6-9-23-11-13-24(14-12-23)10-7-21-33-27-18-16-26(17-19-27)30(32)34-29-20-15-25(8-4-2)22-28(29)31/h15-20,22-24H,3-14,21H2,1-2H3/t23-,24-. The lowest BCUT2D eigenvalue weighted by Gasteiger charge is -2.28. The van der Waals surface area contributed by atoms with Crippen LogP contribution in [0.2, 0.25) is 0 Å². The molecule has 0 aromatic heterocycles. The quantitative estimate of drug-likeness (QED) is 0.168. The van der Waals surface area contributed by atoms with Crippen LogP contribution in [0.1, 0.15) is 100 Å². The maximum atomic E-state index is 14.2. The second kappa shape index (κ2) is 14.1. The van der Waals surface area contributed by atoms with E-state index in [1.165, 1.54) is 69.9 Å². The second-order valence-corrected chi connectivity index (χ2v) is 9.80. The fourth-order valence-corrected chi connectivity index (χ4v) is 4.97. The van der Waals surface area contributed by atoms with E-state index in [4.69, 9.17) is 9.47 Å². The number of benzene rings is 2. The maximum absolute atomic E-state index is 14.2. The highest BCUT2D eigenvalue weighted by atomic mass is 19.1. The second-order valence-electron chi connectivity index (χ2n) is 9.80. The topological polar surface area (TPSA) is 35.5 Å². The summed E-state index contributed by atoms with van der Waals surface area (Å²) in [6, 6.07) is 11.6. The molecule has 186 valence electrons. The van der Waals surface area contributed by atoms with E-state index in [0.29, 0.717) is 12.2 Å². The van der Waals surface area contributed by atoms with Crippen molar-refractivity contribution < 1.29 is 18.7 Å². The third-order valence-electron chi connectivity index (χ3n) is 7.04. The number of aryl methyl sites for hydroxylation is 1. The van der Waals surface area contributed by atoms with Crippen LogP contribution in [0.15, 0.2) is 42.5 Å². The summed E-state index contributed by atoms with van der Waals surface area (Å²) in [5, 5.41) is 0. The molecule has 0 N–H and O–H groups in total. The van der Waals surface area contributed by atoms with Gasteiger partial charge in [-0.1, -0.05) is 77.7 Å². The fraction of sp³-hybridized carbons (Fsp3) is 0.567. The lowest BCUT2D eigenvalue weighted by molar-refractivity contribution is 0.0727. The van der Waals surface area contributed by atoms with E-state index in [1.807, 2.05) is 6.92 Å². The fourth-order valence-electron chi connectivity index (χ4n) is 4.97. The number of ether oxygens (including phenoxy) is 2. The van der Waals surface area contributed by atoms with Crippen LogP contribution >= 0.6 is 0 Å². The van der Waals surface area contributed by atoms with Gasteiger partial charge in [0.1, 0.15) is 5.75 Å². The summed E-state index contributed by atoms with van der Waals surface area (Å²) in [6.45, 7) is 5.01. The van der Waals surface area contributed by atoms with Crippen LogP contribution in [0.4, 0.5) is 4.39 Å². The molecule has 3 rings (SSSR count). The van der Waals surface area contributed by atoms with Crippen molar-refractivity contribution in [2.45, 2.75) is 90.9 Å². The number of carbonyl (C=O) groups excluding carboxylic acids is 1. The molecule has 0 spiro atoms. The molecule has 0 amide bonds. The van der Waals surface area contributed by atoms with Crippen LogP contribution in [0.5, 0.6) is 11.5 Å². The molecule has 1 aliphatic rings. The zero-order chi connectivity index (χ0) is 24.2. The van der Waals surface area contributed by atoms with Gasteiger partial charge in [0.05, 0.1) is 12.2 Å². The summed E-state index contributed by atoms with van der Waals surface area (Å²) in [5.41, 5.74) is 1.27. The Morgan fingerprint density at radius 1 is 0.882 bits per heavy atom. The molecular formula is C30H41FO3. The smallest absolute Gasteiger partial charge is 0.343 e. The molecule has 4 heteroatoms. The highest BCUT2D eigenvalue weighted by molar-refractivity contribution is 5.91. The number of unbranched alkanes of at least 4 members (excludes halogenated alkanes) is 2. The predicted molar refractivity (Wildman–Crippen MR) is 136 cm³/mol. The van der Waals surface area contributed by atoms with Gasteiger partial charge in [-0.2, -0.15) is 0 Å². The average Bonchev–Trinajstić information content (AvgIpc) is 2.85. The van der Waals surface area contributed by atoms with Crippen molar-refractivity contribution >= 4 is 5.97 Å². The first-order valence-corrected chi connectivity index (χ1v) is 13.3. The first-order valence-electron chi connectivity index (χ1n) is 13.3. The Balaban J connectivity index is 1.35. The number of rotatable bonds is 13. The summed E-state index contributed by atoms with van der Waals surface area (Å²) < 4.78 is 25.3. The Kier molecular flexibility index (Phi) is 10.9. The molecule has 0 heterocycles. The Labute approximate surface area is 205 Å². The molecule has 1 aliphatic carbocycles. The summed E-state index contributed by atoms with van der Waals surface area (Å²) in [6.07, 6.45) is 15.1. The summed E-state index contributed by atoms with van der Waals surface area (Å²) >= 11 is 0. The molecule has 34 heavy (non-hydrogen) atoms. The largest absolute Gasteiger partial charge is 0.494 e. The third kappa shape index (κ3) is 8.45. The Morgan fingerprint density at radius 2 is 1.56 bits per heavy atom.